The molecule has 0 saturated carbocycles. The molecule has 1 atom stereocenters. The Hall–Kier alpha value is -3.16. The molecule has 168 valence electrons. The van der Waals surface area contributed by atoms with Gasteiger partial charge in [-0.2, -0.15) is 0 Å². The number of fused-ring (bicyclic) bond motifs is 1. The Kier molecular flexibility index (Phi) is 7.60. The maximum atomic E-state index is 16.4. The number of carbonyl (C=O) groups excluding carboxylic acids is 3. The summed E-state index contributed by atoms with van der Waals surface area (Å²) in [6, 6.07) is 10.2. The van der Waals surface area contributed by atoms with Gasteiger partial charge in [0, 0.05) is 0 Å². The summed E-state index contributed by atoms with van der Waals surface area (Å²) in [6.07, 6.45) is -0.999. The van der Waals surface area contributed by atoms with Gasteiger partial charge < -0.3 is 19.5 Å². The number of alkyl carbamates (subject to hydrolysis) is 1. The molecule has 2 rings (SSSR count). The highest BCUT2D eigenvalue weighted by Gasteiger charge is 2.58. The van der Waals surface area contributed by atoms with Crippen LogP contribution in [0.5, 0.6) is 0 Å². The van der Waals surface area contributed by atoms with Gasteiger partial charge in [0.05, 0.1) is 13.2 Å². The number of benzene rings is 2. The van der Waals surface area contributed by atoms with Crippen LogP contribution in [0.3, 0.4) is 0 Å². The van der Waals surface area contributed by atoms with Crippen LogP contribution in [-0.2, 0) is 23.8 Å². The van der Waals surface area contributed by atoms with Crippen molar-refractivity contribution in [2.45, 2.75) is 51.9 Å². The zero-order valence-electron chi connectivity index (χ0n) is 18.4. The van der Waals surface area contributed by atoms with Gasteiger partial charge in [0.25, 0.3) is 0 Å². The molecule has 0 fully saturated rings. The van der Waals surface area contributed by atoms with Crippen LogP contribution in [0.2, 0.25) is 0 Å². The number of ether oxygens (including phenoxy) is 3. The Morgan fingerprint density at radius 2 is 1.48 bits per heavy atom. The molecule has 0 aromatic heterocycles. The number of hydrogen-bond acceptors (Lipinski definition) is 6. The Labute approximate surface area is 180 Å². The molecular weight excluding hydrogens is 405 g/mol. The number of carbonyl (C=O) groups is 3. The van der Waals surface area contributed by atoms with Crippen molar-refractivity contribution in [3.05, 3.63) is 48.0 Å². The van der Waals surface area contributed by atoms with E-state index >= 15 is 4.39 Å². The van der Waals surface area contributed by atoms with E-state index in [1.165, 1.54) is 19.9 Å². The minimum absolute atomic E-state index is 0.168. The largest absolute Gasteiger partial charge is 0.463 e. The molecule has 0 saturated heterocycles. The normalized spacial score (nSPS) is 12.7. The number of rotatable bonds is 7. The predicted octanol–water partition coefficient (Wildman–Crippen LogP) is 4.24. The van der Waals surface area contributed by atoms with Gasteiger partial charge in [-0.3, -0.25) is 0 Å². The van der Waals surface area contributed by atoms with Crippen LogP contribution in [0.1, 0.15) is 46.2 Å². The summed E-state index contributed by atoms with van der Waals surface area (Å²) < 4.78 is 31.4. The molecule has 2 aromatic carbocycles. The molecule has 0 heterocycles. The highest BCUT2D eigenvalue weighted by molar-refractivity contribution is 6.06. The topological polar surface area (TPSA) is 90.9 Å². The average Bonchev–Trinajstić information content (AvgIpc) is 2.70. The molecule has 0 aliphatic rings. The first kappa shape index (κ1) is 24.1. The van der Waals surface area contributed by atoms with E-state index in [4.69, 9.17) is 14.2 Å². The third-order valence-electron chi connectivity index (χ3n) is 4.34. The maximum absolute atomic E-state index is 16.4. The molecule has 1 amide bonds. The monoisotopic (exact) mass is 433 g/mol. The molecule has 2 aromatic rings. The van der Waals surface area contributed by atoms with Crippen molar-refractivity contribution in [3.63, 3.8) is 0 Å². The van der Waals surface area contributed by atoms with E-state index in [2.05, 4.69) is 5.32 Å². The first-order valence-corrected chi connectivity index (χ1v) is 10.0. The van der Waals surface area contributed by atoms with Crippen molar-refractivity contribution >= 4 is 28.8 Å². The highest BCUT2D eigenvalue weighted by atomic mass is 19.1. The summed E-state index contributed by atoms with van der Waals surface area (Å²) in [7, 11) is 0. The number of alkyl halides is 1. The Bertz CT molecular complexity index is 929. The fourth-order valence-electron chi connectivity index (χ4n) is 3.11. The molecule has 31 heavy (non-hydrogen) atoms. The van der Waals surface area contributed by atoms with E-state index in [0.29, 0.717) is 5.39 Å². The molecule has 1 N–H and O–H groups in total. The molecule has 0 aliphatic heterocycles. The second-order valence-corrected chi connectivity index (χ2v) is 7.80. The summed E-state index contributed by atoms with van der Waals surface area (Å²) in [6.45, 7) is 7.54. The SMILES string of the molecule is CCOC(=O)C(F)(C(=O)OCC)[C@H](NC(=O)OC(C)(C)C)c1cccc2ccccc12. The molecule has 0 radical (unpaired) electrons. The van der Waals surface area contributed by atoms with E-state index in [1.54, 1.807) is 57.2 Å². The molecule has 0 spiro atoms. The van der Waals surface area contributed by atoms with Crippen molar-refractivity contribution in [3.8, 4) is 0 Å². The second-order valence-electron chi connectivity index (χ2n) is 7.80. The van der Waals surface area contributed by atoms with Crippen molar-refractivity contribution in [2.24, 2.45) is 0 Å². The van der Waals surface area contributed by atoms with Crippen LogP contribution < -0.4 is 5.32 Å². The Morgan fingerprint density at radius 3 is 2.03 bits per heavy atom. The summed E-state index contributed by atoms with van der Waals surface area (Å²) >= 11 is 0. The third kappa shape index (κ3) is 5.51. The lowest BCUT2D eigenvalue weighted by molar-refractivity contribution is -0.177. The van der Waals surface area contributed by atoms with Crippen LogP contribution in [0, 0.1) is 0 Å². The van der Waals surface area contributed by atoms with Gasteiger partial charge in [-0.05, 0) is 51.0 Å². The molecule has 0 bridgehead atoms. The minimum Gasteiger partial charge on any atom is -0.463 e. The van der Waals surface area contributed by atoms with Gasteiger partial charge >= 0.3 is 23.7 Å². The molecule has 0 aliphatic carbocycles. The Balaban J connectivity index is 2.69. The van der Waals surface area contributed by atoms with E-state index in [0.717, 1.165) is 5.39 Å². The van der Waals surface area contributed by atoms with Crippen LogP contribution >= 0.6 is 0 Å². The summed E-state index contributed by atoms with van der Waals surface area (Å²) in [5.41, 5.74) is -4.03. The van der Waals surface area contributed by atoms with E-state index in [1.807, 2.05) is 0 Å². The minimum atomic E-state index is -3.34. The third-order valence-corrected chi connectivity index (χ3v) is 4.34. The number of halogens is 1. The van der Waals surface area contributed by atoms with Gasteiger partial charge in [-0.25, -0.2) is 18.8 Å². The first-order chi connectivity index (χ1) is 14.5. The maximum Gasteiger partial charge on any atom is 0.408 e. The van der Waals surface area contributed by atoms with Crippen LogP contribution in [-0.4, -0.2) is 42.5 Å². The van der Waals surface area contributed by atoms with Crippen LogP contribution in [0.25, 0.3) is 10.8 Å². The van der Waals surface area contributed by atoms with Crippen LogP contribution in [0.15, 0.2) is 42.5 Å². The quantitative estimate of drug-likeness (QED) is 0.399. The zero-order valence-corrected chi connectivity index (χ0v) is 18.4. The van der Waals surface area contributed by atoms with Crippen LogP contribution in [0.4, 0.5) is 9.18 Å². The first-order valence-electron chi connectivity index (χ1n) is 10.0. The average molecular weight is 433 g/mol. The number of nitrogens with one attached hydrogen (secondary N) is 1. The van der Waals surface area contributed by atoms with E-state index in [-0.39, 0.29) is 18.8 Å². The summed E-state index contributed by atoms with van der Waals surface area (Å²) in [5.74, 6) is -2.91. The standard InChI is InChI=1S/C23H28FNO6/c1-6-29-19(26)23(24,20(27)30-7-2)18(25-21(28)31-22(3,4)5)17-14-10-12-15-11-8-9-13-16(15)17/h8-14,18H,6-7H2,1-5H3,(H,25,28)/t18-/m1/s1. The van der Waals surface area contributed by atoms with Crippen molar-refractivity contribution in [2.75, 3.05) is 13.2 Å². The summed E-state index contributed by atoms with van der Waals surface area (Å²) in [5, 5.41) is 3.63. The van der Waals surface area contributed by atoms with Crippen molar-refractivity contribution in [1.82, 2.24) is 5.32 Å². The van der Waals surface area contributed by atoms with Crippen molar-refractivity contribution in [1.29, 1.82) is 0 Å². The molecule has 0 unspecified atom stereocenters. The van der Waals surface area contributed by atoms with Gasteiger partial charge in [0.2, 0.25) is 0 Å². The Morgan fingerprint density at radius 1 is 0.935 bits per heavy atom. The lowest BCUT2D eigenvalue weighted by Crippen LogP contribution is -2.55. The van der Waals surface area contributed by atoms with E-state index in [9.17, 15) is 14.4 Å². The van der Waals surface area contributed by atoms with Gasteiger partial charge in [-0.1, -0.05) is 42.5 Å². The van der Waals surface area contributed by atoms with Crippen molar-refractivity contribution < 1.29 is 33.0 Å². The number of esters is 2. The molecule has 7 nitrogen and oxygen atoms in total. The smallest absolute Gasteiger partial charge is 0.408 e. The molecule has 8 heteroatoms. The lowest BCUT2D eigenvalue weighted by atomic mass is 9.87. The van der Waals surface area contributed by atoms with Gasteiger partial charge in [0.15, 0.2) is 0 Å². The van der Waals surface area contributed by atoms with Gasteiger partial charge in [0.1, 0.15) is 11.6 Å². The summed E-state index contributed by atoms with van der Waals surface area (Å²) in [4.78, 5) is 38.0. The zero-order chi connectivity index (χ0) is 23.2. The van der Waals surface area contributed by atoms with E-state index < -0.39 is 35.3 Å². The highest BCUT2D eigenvalue weighted by Crippen LogP contribution is 2.37. The second kappa shape index (κ2) is 9.76. The van der Waals surface area contributed by atoms with Gasteiger partial charge in [-0.15, -0.1) is 0 Å². The lowest BCUT2D eigenvalue weighted by Gasteiger charge is -2.32. The fourth-order valence-corrected chi connectivity index (χ4v) is 3.11. The number of amides is 1. The molecular formula is C23H28FNO6. The number of hydrogen-bond donors (Lipinski definition) is 1. The fraction of sp³-hybridized carbons (Fsp3) is 0.435. The predicted molar refractivity (Wildman–Crippen MR) is 113 cm³/mol.